The van der Waals surface area contributed by atoms with E-state index in [1.165, 1.54) is 4.90 Å². The summed E-state index contributed by atoms with van der Waals surface area (Å²) >= 11 is 0. The van der Waals surface area contributed by atoms with Gasteiger partial charge in [0.15, 0.2) is 0 Å². The van der Waals surface area contributed by atoms with Crippen LogP contribution in [-0.2, 0) is 14.3 Å². The average Bonchev–Trinajstić information content (AvgIpc) is 2.36. The van der Waals surface area contributed by atoms with Crippen LogP contribution < -0.4 is 0 Å². The lowest BCUT2D eigenvalue weighted by Gasteiger charge is -2.40. The van der Waals surface area contributed by atoms with Crippen molar-refractivity contribution in [3.63, 3.8) is 0 Å². The van der Waals surface area contributed by atoms with Gasteiger partial charge in [-0.25, -0.2) is 9.59 Å². The van der Waals surface area contributed by atoms with E-state index < -0.39 is 17.7 Å². The van der Waals surface area contributed by atoms with Crippen LogP contribution in [-0.4, -0.2) is 66.8 Å². The number of amides is 1. The van der Waals surface area contributed by atoms with E-state index in [1.807, 2.05) is 34.9 Å². The van der Waals surface area contributed by atoms with E-state index in [-0.39, 0.29) is 12.0 Å². The summed E-state index contributed by atoms with van der Waals surface area (Å²) in [5.74, 6) is -0.347. The fraction of sp³-hybridized carbons (Fsp3) is 0.867. The highest BCUT2D eigenvalue weighted by Gasteiger charge is 2.39. The van der Waals surface area contributed by atoms with Gasteiger partial charge in [-0.3, -0.25) is 4.90 Å². The highest BCUT2D eigenvalue weighted by atomic mass is 16.6. The summed E-state index contributed by atoms with van der Waals surface area (Å²) in [6.07, 6.45) is 1.00. The van der Waals surface area contributed by atoms with Crippen molar-refractivity contribution in [2.24, 2.45) is 0 Å². The normalized spacial score (nSPS) is 23.1. The predicted octanol–water partition coefficient (Wildman–Crippen LogP) is 1.88. The highest BCUT2D eigenvalue weighted by Crippen LogP contribution is 2.23. The monoisotopic (exact) mass is 300 g/mol. The number of esters is 1. The molecule has 1 saturated heterocycles. The summed E-state index contributed by atoms with van der Waals surface area (Å²) in [6, 6.07) is -0.320. The van der Waals surface area contributed by atoms with Gasteiger partial charge in [0.25, 0.3) is 0 Å². The first-order valence-corrected chi connectivity index (χ1v) is 7.48. The fourth-order valence-electron chi connectivity index (χ4n) is 2.38. The maximum absolute atomic E-state index is 12.4. The summed E-state index contributed by atoms with van der Waals surface area (Å²) in [5.41, 5.74) is -0.582. The molecule has 1 amide bonds. The SMILES string of the molecule is CCOC(=O)C1CCC(N(C)C)CN1C(=O)OC(C)(C)C. The molecule has 6 nitrogen and oxygen atoms in total. The van der Waals surface area contributed by atoms with E-state index in [0.717, 1.165) is 6.42 Å². The lowest BCUT2D eigenvalue weighted by molar-refractivity contribution is -0.151. The zero-order valence-corrected chi connectivity index (χ0v) is 14.0. The number of rotatable bonds is 3. The first-order chi connectivity index (χ1) is 9.65. The van der Waals surface area contributed by atoms with Crippen LogP contribution in [0.4, 0.5) is 4.79 Å². The molecule has 0 aromatic heterocycles. The molecule has 6 heteroatoms. The van der Waals surface area contributed by atoms with Crippen LogP contribution in [0.5, 0.6) is 0 Å². The number of ether oxygens (including phenoxy) is 2. The molecule has 0 bridgehead atoms. The van der Waals surface area contributed by atoms with Crippen LogP contribution in [0.2, 0.25) is 0 Å². The fourth-order valence-corrected chi connectivity index (χ4v) is 2.38. The summed E-state index contributed by atoms with van der Waals surface area (Å²) in [6.45, 7) is 8.01. The minimum absolute atomic E-state index is 0.225. The molecule has 1 rings (SSSR count). The lowest BCUT2D eigenvalue weighted by atomic mass is 9.98. The molecule has 2 unspecified atom stereocenters. The van der Waals surface area contributed by atoms with Crippen LogP contribution >= 0.6 is 0 Å². The van der Waals surface area contributed by atoms with E-state index in [1.54, 1.807) is 6.92 Å². The van der Waals surface area contributed by atoms with E-state index in [2.05, 4.69) is 4.90 Å². The van der Waals surface area contributed by atoms with Gasteiger partial charge in [0.05, 0.1) is 6.61 Å². The number of carbonyl (C=O) groups excluding carboxylic acids is 2. The quantitative estimate of drug-likeness (QED) is 0.745. The Morgan fingerprint density at radius 3 is 2.33 bits per heavy atom. The molecule has 0 aromatic carbocycles. The Bertz CT molecular complexity index is 376. The van der Waals surface area contributed by atoms with Crippen molar-refractivity contribution < 1.29 is 19.1 Å². The summed E-state index contributed by atoms with van der Waals surface area (Å²) in [4.78, 5) is 28.0. The van der Waals surface area contributed by atoms with Gasteiger partial charge in [-0.2, -0.15) is 0 Å². The third kappa shape index (κ3) is 5.19. The number of piperidine rings is 1. The molecule has 0 aromatic rings. The van der Waals surface area contributed by atoms with Crippen molar-refractivity contribution >= 4 is 12.1 Å². The van der Waals surface area contributed by atoms with Crippen molar-refractivity contribution in [1.82, 2.24) is 9.80 Å². The molecule has 0 spiro atoms. The zero-order chi connectivity index (χ0) is 16.2. The number of likely N-dealkylation sites (N-methyl/N-ethyl adjacent to an activating group) is 1. The van der Waals surface area contributed by atoms with Gasteiger partial charge in [-0.05, 0) is 54.6 Å². The third-order valence-corrected chi connectivity index (χ3v) is 3.47. The largest absolute Gasteiger partial charge is 0.464 e. The minimum atomic E-state index is -0.582. The third-order valence-electron chi connectivity index (χ3n) is 3.47. The Balaban J connectivity index is 2.86. The van der Waals surface area contributed by atoms with Crippen LogP contribution in [0.25, 0.3) is 0 Å². The van der Waals surface area contributed by atoms with Crippen molar-refractivity contribution in [3.8, 4) is 0 Å². The molecular formula is C15H28N2O4. The van der Waals surface area contributed by atoms with Gasteiger partial charge >= 0.3 is 12.1 Å². The van der Waals surface area contributed by atoms with E-state index in [4.69, 9.17) is 9.47 Å². The van der Waals surface area contributed by atoms with Gasteiger partial charge in [0.2, 0.25) is 0 Å². The van der Waals surface area contributed by atoms with Crippen LogP contribution in [0, 0.1) is 0 Å². The summed E-state index contributed by atoms with van der Waals surface area (Å²) < 4.78 is 10.5. The lowest BCUT2D eigenvalue weighted by Crippen LogP contribution is -2.56. The van der Waals surface area contributed by atoms with Gasteiger partial charge in [-0.1, -0.05) is 0 Å². The molecule has 122 valence electrons. The molecule has 0 aliphatic carbocycles. The van der Waals surface area contributed by atoms with Crippen molar-refractivity contribution in [2.75, 3.05) is 27.2 Å². The number of carbonyl (C=O) groups is 2. The highest BCUT2D eigenvalue weighted by molar-refractivity contribution is 5.81. The number of nitrogens with zero attached hydrogens (tertiary/aromatic N) is 2. The van der Waals surface area contributed by atoms with Gasteiger partial charge < -0.3 is 14.4 Å². The second-order valence-corrected chi connectivity index (χ2v) is 6.60. The average molecular weight is 300 g/mol. The molecule has 0 saturated carbocycles. The molecule has 2 atom stereocenters. The van der Waals surface area contributed by atoms with Crippen LogP contribution in [0.1, 0.15) is 40.5 Å². The van der Waals surface area contributed by atoms with Crippen LogP contribution in [0.3, 0.4) is 0 Å². The maximum Gasteiger partial charge on any atom is 0.411 e. The second-order valence-electron chi connectivity index (χ2n) is 6.60. The standard InChI is InChI=1S/C15H28N2O4/c1-7-20-13(18)12-9-8-11(16(5)6)10-17(12)14(19)21-15(2,3)4/h11-12H,7-10H2,1-6H3. The van der Waals surface area contributed by atoms with Crippen molar-refractivity contribution in [1.29, 1.82) is 0 Å². The molecule has 1 heterocycles. The molecule has 1 fully saturated rings. The predicted molar refractivity (Wildman–Crippen MR) is 80.1 cm³/mol. The van der Waals surface area contributed by atoms with Gasteiger partial charge in [0, 0.05) is 12.6 Å². The van der Waals surface area contributed by atoms with E-state index in [9.17, 15) is 9.59 Å². The molecule has 1 aliphatic rings. The molecular weight excluding hydrogens is 272 g/mol. The van der Waals surface area contributed by atoms with Gasteiger partial charge in [-0.15, -0.1) is 0 Å². The molecule has 1 aliphatic heterocycles. The molecule has 21 heavy (non-hydrogen) atoms. The van der Waals surface area contributed by atoms with E-state index in [0.29, 0.717) is 19.6 Å². The Hall–Kier alpha value is -1.30. The summed E-state index contributed by atoms with van der Waals surface area (Å²) in [5, 5.41) is 0. The van der Waals surface area contributed by atoms with Crippen molar-refractivity contribution in [2.45, 2.75) is 58.2 Å². The number of likely N-dealkylation sites (tertiary alicyclic amines) is 1. The van der Waals surface area contributed by atoms with Crippen molar-refractivity contribution in [3.05, 3.63) is 0 Å². The Morgan fingerprint density at radius 1 is 1.24 bits per heavy atom. The van der Waals surface area contributed by atoms with E-state index >= 15 is 0 Å². The number of hydrogen-bond donors (Lipinski definition) is 0. The smallest absolute Gasteiger partial charge is 0.411 e. The summed E-state index contributed by atoms with van der Waals surface area (Å²) in [7, 11) is 3.95. The Kier molecular flexibility index (Phi) is 6.01. The Labute approximate surface area is 127 Å². The zero-order valence-electron chi connectivity index (χ0n) is 14.0. The topological polar surface area (TPSA) is 59.1 Å². The maximum atomic E-state index is 12.4. The Morgan fingerprint density at radius 2 is 1.86 bits per heavy atom. The second kappa shape index (κ2) is 7.11. The molecule has 0 radical (unpaired) electrons. The minimum Gasteiger partial charge on any atom is -0.464 e. The number of hydrogen-bond acceptors (Lipinski definition) is 5. The van der Waals surface area contributed by atoms with Gasteiger partial charge in [0.1, 0.15) is 11.6 Å². The first-order valence-electron chi connectivity index (χ1n) is 7.48. The first kappa shape index (κ1) is 17.8. The van der Waals surface area contributed by atoms with Crippen LogP contribution in [0.15, 0.2) is 0 Å². The molecule has 0 N–H and O–H groups in total.